The largest absolute Gasteiger partial charge is 0.469 e. The van der Waals surface area contributed by atoms with Crippen molar-refractivity contribution in [3.8, 4) is 0 Å². The molecule has 0 aliphatic carbocycles. The van der Waals surface area contributed by atoms with Crippen LogP contribution in [0.5, 0.6) is 0 Å². The van der Waals surface area contributed by atoms with Gasteiger partial charge in [-0.25, -0.2) is 4.79 Å². The van der Waals surface area contributed by atoms with Gasteiger partial charge in [0.1, 0.15) is 5.54 Å². The van der Waals surface area contributed by atoms with E-state index in [1.165, 1.54) is 12.0 Å². The average molecular weight is 297 g/mol. The minimum Gasteiger partial charge on any atom is -0.469 e. The van der Waals surface area contributed by atoms with Crippen molar-refractivity contribution in [1.82, 2.24) is 15.1 Å². The lowest BCUT2D eigenvalue weighted by molar-refractivity contribution is -0.147. The van der Waals surface area contributed by atoms with Crippen LogP contribution in [0.15, 0.2) is 0 Å². The molecular weight excluding hydrogens is 274 g/mol. The van der Waals surface area contributed by atoms with Crippen molar-refractivity contribution < 1.29 is 19.1 Å². The summed E-state index contributed by atoms with van der Waals surface area (Å²) in [5.74, 6) is -0.492. The number of urea groups is 1. The normalized spacial score (nSPS) is 25.9. The van der Waals surface area contributed by atoms with Crippen LogP contribution >= 0.6 is 0 Å². The summed E-state index contributed by atoms with van der Waals surface area (Å²) in [6.45, 7) is 5.83. The molecule has 2 rings (SSSR count). The minimum atomic E-state index is -0.826. The van der Waals surface area contributed by atoms with E-state index < -0.39 is 5.54 Å². The van der Waals surface area contributed by atoms with Crippen molar-refractivity contribution in [3.63, 3.8) is 0 Å². The second-order valence-corrected chi connectivity index (χ2v) is 6.17. The molecule has 2 saturated heterocycles. The lowest BCUT2D eigenvalue weighted by atomic mass is 9.98. The number of carbonyl (C=O) groups is 3. The fourth-order valence-corrected chi connectivity index (χ4v) is 2.88. The van der Waals surface area contributed by atoms with Gasteiger partial charge in [0.2, 0.25) is 0 Å². The molecular formula is C14H23N3O4. The van der Waals surface area contributed by atoms with Gasteiger partial charge in [0.15, 0.2) is 0 Å². The first kappa shape index (κ1) is 15.8. The van der Waals surface area contributed by atoms with Crippen molar-refractivity contribution in [2.24, 2.45) is 5.92 Å². The molecule has 118 valence electrons. The molecule has 21 heavy (non-hydrogen) atoms. The fourth-order valence-electron chi connectivity index (χ4n) is 2.88. The number of carbonyl (C=O) groups excluding carboxylic acids is 3. The maximum Gasteiger partial charge on any atom is 0.325 e. The minimum absolute atomic E-state index is 0.108. The quantitative estimate of drug-likeness (QED) is 0.592. The van der Waals surface area contributed by atoms with Crippen LogP contribution in [0.3, 0.4) is 0 Å². The summed E-state index contributed by atoms with van der Waals surface area (Å²) in [5, 5.41) is 2.66. The highest BCUT2D eigenvalue weighted by atomic mass is 16.5. The number of esters is 1. The van der Waals surface area contributed by atoms with Crippen LogP contribution < -0.4 is 5.32 Å². The molecule has 0 aromatic rings. The molecule has 1 N–H and O–H groups in total. The van der Waals surface area contributed by atoms with Crippen LogP contribution in [0.2, 0.25) is 0 Å². The van der Waals surface area contributed by atoms with Crippen molar-refractivity contribution in [2.75, 3.05) is 33.3 Å². The van der Waals surface area contributed by atoms with Gasteiger partial charge in [0.05, 0.1) is 13.0 Å². The van der Waals surface area contributed by atoms with Crippen LogP contribution in [0.25, 0.3) is 0 Å². The number of amides is 3. The van der Waals surface area contributed by atoms with Crippen LogP contribution in [-0.2, 0) is 14.3 Å². The number of nitrogens with one attached hydrogen (secondary N) is 1. The molecule has 2 heterocycles. The summed E-state index contributed by atoms with van der Waals surface area (Å²) in [4.78, 5) is 38.8. The number of nitrogens with zero attached hydrogens (tertiary/aromatic N) is 2. The fraction of sp³-hybridized carbons (Fsp3) is 0.786. The lowest BCUT2D eigenvalue weighted by Gasteiger charge is -2.32. The molecule has 2 fully saturated rings. The summed E-state index contributed by atoms with van der Waals surface area (Å²) in [6.07, 6.45) is 1.75. The number of methoxy groups -OCH3 is 1. The first-order chi connectivity index (χ1) is 9.85. The number of ether oxygens (including phenoxy) is 1. The van der Waals surface area contributed by atoms with Crippen LogP contribution in [-0.4, -0.2) is 66.5 Å². The van der Waals surface area contributed by atoms with E-state index in [0.717, 1.165) is 19.4 Å². The standard InChI is InChI=1S/C14H23N3O4/c1-14(2)12(19)17(13(20)15-14)8-7-16-6-4-5-10(9-16)11(18)21-3/h10H,4-9H2,1-3H3,(H,15,20)/t10-/m0/s1. The molecule has 3 amide bonds. The Morgan fingerprint density at radius 1 is 1.38 bits per heavy atom. The Morgan fingerprint density at radius 3 is 2.67 bits per heavy atom. The second kappa shape index (κ2) is 6.01. The average Bonchev–Trinajstić information content (AvgIpc) is 2.65. The third kappa shape index (κ3) is 3.34. The summed E-state index contributed by atoms with van der Waals surface area (Å²) in [5.41, 5.74) is -0.826. The number of hydrogen-bond acceptors (Lipinski definition) is 5. The van der Waals surface area contributed by atoms with Gasteiger partial charge in [-0.1, -0.05) is 0 Å². The van der Waals surface area contributed by atoms with Gasteiger partial charge in [-0.15, -0.1) is 0 Å². The van der Waals surface area contributed by atoms with Gasteiger partial charge in [-0.2, -0.15) is 0 Å². The highest BCUT2D eigenvalue weighted by Crippen LogP contribution is 2.19. The van der Waals surface area contributed by atoms with Crippen molar-refractivity contribution >= 4 is 17.9 Å². The number of likely N-dealkylation sites (tertiary alicyclic amines) is 1. The Labute approximate surface area is 124 Å². The molecule has 0 saturated carbocycles. The number of imide groups is 1. The van der Waals surface area contributed by atoms with Gasteiger partial charge >= 0.3 is 12.0 Å². The van der Waals surface area contributed by atoms with Crippen LogP contribution in [0, 0.1) is 5.92 Å². The Bertz CT molecular complexity index is 450. The first-order valence-corrected chi connectivity index (χ1v) is 7.29. The molecule has 0 aromatic carbocycles. The van der Waals surface area contributed by atoms with E-state index in [1.54, 1.807) is 13.8 Å². The topological polar surface area (TPSA) is 79.0 Å². The molecule has 7 nitrogen and oxygen atoms in total. The van der Waals surface area contributed by atoms with E-state index in [9.17, 15) is 14.4 Å². The molecule has 0 spiro atoms. The second-order valence-electron chi connectivity index (χ2n) is 6.17. The third-order valence-corrected chi connectivity index (χ3v) is 4.12. The Morgan fingerprint density at radius 2 is 2.10 bits per heavy atom. The van der Waals surface area contributed by atoms with Gasteiger partial charge in [0, 0.05) is 19.6 Å². The molecule has 0 radical (unpaired) electrons. The van der Waals surface area contributed by atoms with E-state index in [0.29, 0.717) is 19.6 Å². The zero-order chi connectivity index (χ0) is 15.6. The summed E-state index contributed by atoms with van der Waals surface area (Å²) < 4.78 is 4.78. The van der Waals surface area contributed by atoms with Gasteiger partial charge in [-0.3, -0.25) is 14.5 Å². The molecule has 0 aromatic heterocycles. The highest BCUT2D eigenvalue weighted by Gasteiger charge is 2.44. The number of hydrogen-bond donors (Lipinski definition) is 1. The number of piperidine rings is 1. The van der Waals surface area contributed by atoms with Gasteiger partial charge < -0.3 is 15.0 Å². The molecule has 2 aliphatic rings. The molecule has 1 atom stereocenters. The third-order valence-electron chi connectivity index (χ3n) is 4.12. The van der Waals surface area contributed by atoms with Crippen LogP contribution in [0.1, 0.15) is 26.7 Å². The smallest absolute Gasteiger partial charge is 0.325 e. The zero-order valence-electron chi connectivity index (χ0n) is 12.8. The molecule has 2 aliphatic heterocycles. The van der Waals surface area contributed by atoms with Crippen LogP contribution in [0.4, 0.5) is 4.79 Å². The lowest BCUT2D eigenvalue weighted by Crippen LogP contribution is -2.45. The molecule has 0 unspecified atom stereocenters. The van der Waals surface area contributed by atoms with E-state index in [-0.39, 0.29) is 23.8 Å². The summed E-state index contributed by atoms with van der Waals surface area (Å²) in [7, 11) is 1.40. The Kier molecular flexibility index (Phi) is 4.51. The first-order valence-electron chi connectivity index (χ1n) is 7.29. The summed E-state index contributed by atoms with van der Waals surface area (Å²) >= 11 is 0. The zero-order valence-corrected chi connectivity index (χ0v) is 12.8. The Hall–Kier alpha value is -1.63. The van der Waals surface area contributed by atoms with E-state index in [1.807, 2.05) is 0 Å². The van der Waals surface area contributed by atoms with Crippen molar-refractivity contribution in [3.05, 3.63) is 0 Å². The van der Waals surface area contributed by atoms with E-state index in [2.05, 4.69) is 10.2 Å². The monoisotopic (exact) mass is 297 g/mol. The maximum absolute atomic E-state index is 12.1. The summed E-state index contributed by atoms with van der Waals surface area (Å²) in [6, 6.07) is -0.341. The SMILES string of the molecule is COC(=O)[C@H]1CCCN(CCN2C(=O)NC(C)(C)C2=O)C1. The van der Waals surface area contributed by atoms with E-state index >= 15 is 0 Å². The predicted octanol–water partition coefficient (Wildman–Crippen LogP) is 0.202. The van der Waals surface area contributed by atoms with Crippen molar-refractivity contribution in [1.29, 1.82) is 0 Å². The Balaban J connectivity index is 1.87. The predicted molar refractivity (Wildman–Crippen MR) is 75.5 cm³/mol. The molecule has 0 bridgehead atoms. The molecule has 7 heteroatoms. The van der Waals surface area contributed by atoms with Gasteiger partial charge in [-0.05, 0) is 33.2 Å². The maximum atomic E-state index is 12.1. The number of rotatable bonds is 4. The highest BCUT2D eigenvalue weighted by molar-refractivity contribution is 6.06. The van der Waals surface area contributed by atoms with E-state index in [4.69, 9.17) is 4.74 Å². The van der Waals surface area contributed by atoms with Crippen molar-refractivity contribution in [2.45, 2.75) is 32.2 Å². The van der Waals surface area contributed by atoms with Gasteiger partial charge in [0.25, 0.3) is 5.91 Å².